The van der Waals surface area contributed by atoms with Crippen molar-refractivity contribution in [2.24, 2.45) is 0 Å². The van der Waals surface area contributed by atoms with E-state index in [2.05, 4.69) is 10.5 Å². The summed E-state index contributed by atoms with van der Waals surface area (Å²) in [7, 11) is 0. The molecular formula is C22H15FN2O2S. The van der Waals surface area contributed by atoms with Crippen LogP contribution in [0.5, 0.6) is 0 Å². The molecule has 6 heteroatoms. The summed E-state index contributed by atoms with van der Waals surface area (Å²) in [4.78, 5) is 14.6. The molecule has 3 aromatic carbocycles. The predicted octanol–water partition coefficient (Wildman–Crippen LogP) is 5.88. The maximum Gasteiger partial charge on any atom is 0.277 e. The highest BCUT2D eigenvalue weighted by molar-refractivity contribution is 7.99. The fourth-order valence-electron chi connectivity index (χ4n) is 2.59. The van der Waals surface area contributed by atoms with E-state index in [-0.39, 0.29) is 17.4 Å². The Hall–Kier alpha value is -3.38. The van der Waals surface area contributed by atoms with E-state index >= 15 is 0 Å². The molecule has 0 aliphatic carbocycles. The van der Waals surface area contributed by atoms with Crippen molar-refractivity contribution in [1.82, 2.24) is 5.16 Å². The van der Waals surface area contributed by atoms with E-state index in [4.69, 9.17) is 4.52 Å². The Balaban J connectivity index is 1.52. The number of benzene rings is 3. The number of hydrogen-bond donors (Lipinski definition) is 1. The third-order valence-corrected chi connectivity index (χ3v) is 5.06. The van der Waals surface area contributed by atoms with Crippen molar-refractivity contribution in [3.63, 3.8) is 0 Å². The van der Waals surface area contributed by atoms with Gasteiger partial charge in [0.05, 0.1) is 5.69 Å². The smallest absolute Gasteiger partial charge is 0.277 e. The number of nitrogens with one attached hydrogen (secondary N) is 1. The number of carbonyl (C=O) groups excluding carboxylic acids is 1. The van der Waals surface area contributed by atoms with E-state index in [1.54, 1.807) is 23.9 Å². The zero-order valence-electron chi connectivity index (χ0n) is 14.6. The van der Waals surface area contributed by atoms with Crippen LogP contribution in [0.2, 0.25) is 0 Å². The van der Waals surface area contributed by atoms with E-state index in [1.165, 1.54) is 18.2 Å². The van der Waals surface area contributed by atoms with E-state index < -0.39 is 0 Å². The summed E-state index contributed by atoms with van der Waals surface area (Å²) in [5, 5.41) is 6.72. The highest BCUT2D eigenvalue weighted by atomic mass is 32.2. The third-order valence-electron chi connectivity index (χ3n) is 3.98. The number of rotatable bonds is 5. The van der Waals surface area contributed by atoms with Crippen LogP contribution in [0.15, 0.2) is 99.2 Å². The zero-order chi connectivity index (χ0) is 19.3. The van der Waals surface area contributed by atoms with Crippen molar-refractivity contribution in [1.29, 1.82) is 0 Å². The third kappa shape index (κ3) is 4.13. The fraction of sp³-hybridized carbons (Fsp3) is 0. The highest BCUT2D eigenvalue weighted by Crippen LogP contribution is 2.33. The second-order valence-electron chi connectivity index (χ2n) is 5.95. The van der Waals surface area contributed by atoms with Crippen molar-refractivity contribution in [3.05, 3.63) is 96.4 Å². The van der Waals surface area contributed by atoms with Crippen LogP contribution in [0, 0.1) is 5.82 Å². The monoisotopic (exact) mass is 390 g/mol. The molecule has 0 aliphatic rings. The minimum atomic E-state index is -0.377. The van der Waals surface area contributed by atoms with Crippen LogP contribution in [-0.2, 0) is 0 Å². The number of aromatic nitrogens is 1. The van der Waals surface area contributed by atoms with Gasteiger partial charge < -0.3 is 9.84 Å². The molecule has 0 radical (unpaired) electrons. The Bertz CT molecular complexity index is 1090. The Kier molecular flexibility index (Phi) is 5.21. The summed E-state index contributed by atoms with van der Waals surface area (Å²) >= 11 is 1.56. The molecule has 138 valence electrons. The van der Waals surface area contributed by atoms with Gasteiger partial charge in [-0.05, 0) is 48.5 Å². The number of anilines is 1. The van der Waals surface area contributed by atoms with Gasteiger partial charge in [-0.25, -0.2) is 4.39 Å². The molecule has 1 amide bonds. The molecule has 4 nitrogen and oxygen atoms in total. The SMILES string of the molecule is O=C(Nc1ccccc1Sc1ccccc1)c1cc(-c2ccc(F)cc2)on1. The number of halogens is 1. The zero-order valence-corrected chi connectivity index (χ0v) is 15.4. The van der Waals surface area contributed by atoms with Gasteiger partial charge in [0.2, 0.25) is 0 Å². The van der Waals surface area contributed by atoms with Crippen LogP contribution in [0.4, 0.5) is 10.1 Å². The first-order valence-corrected chi connectivity index (χ1v) is 9.36. The average molecular weight is 390 g/mol. The summed E-state index contributed by atoms with van der Waals surface area (Å²) in [5.41, 5.74) is 1.49. The van der Waals surface area contributed by atoms with Gasteiger partial charge in [-0.3, -0.25) is 4.79 Å². The van der Waals surface area contributed by atoms with E-state index in [0.717, 1.165) is 9.79 Å². The summed E-state index contributed by atoms with van der Waals surface area (Å²) < 4.78 is 18.3. The standard InChI is InChI=1S/C22H15FN2O2S/c23-16-12-10-15(11-13-16)20-14-19(25-27-20)22(26)24-18-8-4-5-9-21(18)28-17-6-2-1-3-7-17/h1-14H,(H,24,26). The van der Waals surface area contributed by atoms with Gasteiger partial charge in [0.15, 0.2) is 11.5 Å². The Morgan fingerprint density at radius 2 is 1.64 bits per heavy atom. The van der Waals surface area contributed by atoms with Gasteiger partial charge in [0.1, 0.15) is 5.82 Å². The quantitative estimate of drug-likeness (QED) is 0.462. The van der Waals surface area contributed by atoms with Crippen molar-refractivity contribution >= 4 is 23.4 Å². The molecule has 0 saturated carbocycles. The first-order valence-electron chi connectivity index (χ1n) is 8.55. The molecule has 0 unspecified atom stereocenters. The lowest BCUT2D eigenvalue weighted by atomic mass is 10.1. The minimum Gasteiger partial charge on any atom is -0.355 e. The summed E-state index contributed by atoms with van der Waals surface area (Å²) in [6.45, 7) is 0. The molecule has 0 fully saturated rings. The lowest BCUT2D eigenvalue weighted by Crippen LogP contribution is -2.12. The number of nitrogens with zero attached hydrogens (tertiary/aromatic N) is 1. The molecule has 0 aliphatic heterocycles. The van der Waals surface area contributed by atoms with Crippen molar-refractivity contribution < 1.29 is 13.7 Å². The maximum atomic E-state index is 13.1. The molecule has 1 N–H and O–H groups in total. The van der Waals surface area contributed by atoms with E-state index in [1.807, 2.05) is 54.6 Å². The summed E-state index contributed by atoms with van der Waals surface area (Å²) in [6.07, 6.45) is 0. The van der Waals surface area contributed by atoms with Gasteiger partial charge in [-0.15, -0.1) is 0 Å². The Morgan fingerprint density at radius 3 is 2.43 bits per heavy atom. The van der Waals surface area contributed by atoms with Crippen molar-refractivity contribution in [3.8, 4) is 11.3 Å². The lowest BCUT2D eigenvalue weighted by molar-refractivity contribution is 0.101. The van der Waals surface area contributed by atoms with Gasteiger partial charge in [0, 0.05) is 21.4 Å². The number of para-hydroxylation sites is 1. The second kappa shape index (κ2) is 8.10. The largest absolute Gasteiger partial charge is 0.355 e. The molecular weight excluding hydrogens is 375 g/mol. The lowest BCUT2D eigenvalue weighted by Gasteiger charge is -2.09. The van der Waals surface area contributed by atoms with Gasteiger partial charge in [0.25, 0.3) is 5.91 Å². The van der Waals surface area contributed by atoms with Gasteiger partial charge >= 0.3 is 0 Å². The number of carbonyl (C=O) groups is 1. The van der Waals surface area contributed by atoms with Crippen molar-refractivity contribution in [2.45, 2.75) is 9.79 Å². The number of amides is 1. The van der Waals surface area contributed by atoms with Crippen molar-refractivity contribution in [2.75, 3.05) is 5.32 Å². The Labute approximate surface area is 165 Å². The highest BCUT2D eigenvalue weighted by Gasteiger charge is 2.15. The van der Waals surface area contributed by atoms with Crippen LogP contribution in [0.3, 0.4) is 0 Å². The molecule has 1 aromatic heterocycles. The van der Waals surface area contributed by atoms with Gasteiger partial charge in [-0.2, -0.15) is 0 Å². The average Bonchev–Trinajstić information content (AvgIpc) is 3.21. The van der Waals surface area contributed by atoms with Crippen LogP contribution in [0.1, 0.15) is 10.5 Å². The molecule has 0 saturated heterocycles. The van der Waals surface area contributed by atoms with Crippen LogP contribution < -0.4 is 5.32 Å². The first-order chi connectivity index (χ1) is 13.7. The molecule has 0 bridgehead atoms. The summed E-state index contributed by atoms with van der Waals surface area (Å²) in [6, 6.07) is 24.8. The summed E-state index contributed by atoms with van der Waals surface area (Å²) in [5.74, 6) is -0.316. The molecule has 28 heavy (non-hydrogen) atoms. The van der Waals surface area contributed by atoms with E-state index in [0.29, 0.717) is 17.0 Å². The Morgan fingerprint density at radius 1 is 0.929 bits per heavy atom. The fourth-order valence-corrected chi connectivity index (χ4v) is 3.52. The topological polar surface area (TPSA) is 55.1 Å². The first kappa shape index (κ1) is 18.0. The molecule has 4 rings (SSSR count). The minimum absolute atomic E-state index is 0.152. The predicted molar refractivity (Wildman–Crippen MR) is 107 cm³/mol. The van der Waals surface area contributed by atoms with E-state index in [9.17, 15) is 9.18 Å². The normalized spacial score (nSPS) is 10.6. The van der Waals surface area contributed by atoms with Crippen LogP contribution >= 0.6 is 11.8 Å². The molecule has 1 heterocycles. The van der Waals surface area contributed by atoms with Crippen LogP contribution in [-0.4, -0.2) is 11.1 Å². The second-order valence-corrected chi connectivity index (χ2v) is 7.06. The van der Waals surface area contributed by atoms with Crippen LogP contribution in [0.25, 0.3) is 11.3 Å². The molecule has 0 atom stereocenters. The number of hydrogen-bond acceptors (Lipinski definition) is 4. The molecule has 0 spiro atoms. The molecule has 4 aromatic rings. The maximum absolute atomic E-state index is 13.1. The van der Waals surface area contributed by atoms with Gasteiger partial charge in [-0.1, -0.05) is 47.3 Å².